The van der Waals surface area contributed by atoms with Crippen molar-refractivity contribution in [3.8, 4) is 5.75 Å². The molecule has 9 nitrogen and oxygen atoms in total. The lowest BCUT2D eigenvalue weighted by Crippen LogP contribution is -2.45. The average molecular weight is 532 g/mol. The number of nitrogens with one attached hydrogen (secondary N) is 2. The number of hydrogen-bond donors (Lipinski definition) is 2. The Kier molecular flexibility index (Phi) is 7.95. The normalized spacial score (nSPS) is 12.5. The predicted molar refractivity (Wildman–Crippen MR) is 142 cm³/mol. The molecule has 1 unspecified atom stereocenters. The second-order valence-electron chi connectivity index (χ2n) is 8.43. The van der Waals surface area contributed by atoms with Crippen molar-refractivity contribution >= 4 is 43.0 Å². The number of hydrogen-bond acceptors (Lipinski definition) is 6. The number of nitrogens with zero attached hydrogens (tertiary/aromatic N) is 1. The molecule has 3 rings (SSSR count). The largest absolute Gasteiger partial charge is 0.497 e. The third kappa shape index (κ3) is 6.55. The van der Waals surface area contributed by atoms with Crippen molar-refractivity contribution in [2.75, 3.05) is 27.7 Å². The smallest absolute Gasteiger partial charge is 0.261 e. The highest BCUT2D eigenvalue weighted by atomic mass is 32.2. The standard InChI is InChI=1S/C25H29N3O6S2/c1-17-14-18(2)16-22(15-17)28(35(5,30)31)19(3)25(29)26-20-8-12-24(13-9-20)36(32,33)27-21-6-10-23(34-4)11-7-21/h6-16,19,27H,1-5H3,(H,26,29). The van der Waals surface area contributed by atoms with Crippen molar-refractivity contribution in [1.82, 2.24) is 0 Å². The molecule has 3 aromatic carbocycles. The molecule has 0 fully saturated rings. The first-order valence-corrected chi connectivity index (χ1v) is 14.3. The summed E-state index contributed by atoms with van der Waals surface area (Å²) in [5.41, 5.74) is 2.82. The van der Waals surface area contributed by atoms with Gasteiger partial charge in [-0.05, 0) is 92.6 Å². The van der Waals surface area contributed by atoms with Crippen molar-refractivity contribution in [2.45, 2.75) is 31.7 Å². The van der Waals surface area contributed by atoms with E-state index in [1.54, 1.807) is 36.4 Å². The zero-order valence-electron chi connectivity index (χ0n) is 20.6. The fourth-order valence-electron chi connectivity index (χ4n) is 3.72. The summed E-state index contributed by atoms with van der Waals surface area (Å²) in [6.45, 7) is 5.19. The topological polar surface area (TPSA) is 122 Å². The molecule has 0 saturated carbocycles. The van der Waals surface area contributed by atoms with Gasteiger partial charge in [0.2, 0.25) is 15.9 Å². The molecular formula is C25H29N3O6S2. The molecule has 2 N–H and O–H groups in total. The molecular weight excluding hydrogens is 502 g/mol. The summed E-state index contributed by atoms with van der Waals surface area (Å²) in [6, 6.07) is 16.3. The van der Waals surface area contributed by atoms with Crippen LogP contribution >= 0.6 is 0 Å². The van der Waals surface area contributed by atoms with Gasteiger partial charge in [0.15, 0.2) is 0 Å². The van der Waals surface area contributed by atoms with Gasteiger partial charge in [-0.25, -0.2) is 16.8 Å². The number of anilines is 3. The van der Waals surface area contributed by atoms with Gasteiger partial charge in [-0.3, -0.25) is 13.8 Å². The van der Waals surface area contributed by atoms with Crippen molar-refractivity contribution in [3.05, 3.63) is 77.9 Å². The van der Waals surface area contributed by atoms with E-state index in [0.29, 0.717) is 22.8 Å². The van der Waals surface area contributed by atoms with Crippen LogP contribution in [0.15, 0.2) is 71.6 Å². The first-order valence-electron chi connectivity index (χ1n) is 11.0. The lowest BCUT2D eigenvalue weighted by molar-refractivity contribution is -0.116. The first kappa shape index (κ1) is 27.0. The van der Waals surface area contributed by atoms with Crippen LogP contribution in [0.25, 0.3) is 0 Å². The van der Waals surface area contributed by atoms with Crippen molar-refractivity contribution in [2.24, 2.45) is 0 Å². The summed E-state index contributed by atoms with van der Waals surface area (Å²) in [6.07, 6.45) is 1.05. The monoisotopic (exact) mass is 531 g/mol. The number of aryl methyl sites for hydroxylation is 2. The Morgan fingerprint density at radius 2 is 1.39 bits per heavy atom. The minimum atomic E-state index is -3.86. The van der Waals surface area contributed by atoms with Crippen LogP contribution in [0.5, 0.6) is 5.75 Å². The molecule has 0 aromatic heterocycles. The molecule has 1 atom stereocenters. The zero-order valence-corrected chi connectivity index (χ0v) is 22.3. The van der Waals surface area contributed by atoms with E-state index >= 15 is 0 Å². The first-order chi connectivity index (χ1) is 16.8. The highest BCUT2D eigenvalue weighted by Gasteiger charge is 2.29. The van der Waals surface area contributed by atoms with Gasteiger partial charge < -0.3 is 10.1 Å². The lowest BCUT2D eigenvalue weighted by atomic mass is 10.1. The number of sulfonamides is 2. The van der Waals surface area contributed by atoms with E-state index in [4.69, 9.17) is 4.74 Å². The number of methoxy groups -OCH3 is 1. The molecule has 0 aliphatic heterocycles. The van der Waals surface area contributed by atoms with Crippen LogP contribution in [0.1, 0.15) is 18.1 Å². The Morgan fingerprint density at radius 3 is 1.89 bits per heavy atom. The van der Waals surface area contributed by atoms with Gasteiger partial charge in [-0.2, -0.15) is 0 Å². The fourth-order valence-corrected chi connectivity index (χ4v) is 5.94. The molecule has 0 saturated heterocycles. The van der Waals surface area contributed by atoms with E-state index in [0.717, 1.165) is 21.7 Å². The molecule has 3 aromatic rings. The molecule has 0 radical (unpaired) electrons. The number of benzene rings is 3. The molecule has 192 valence electrons. The average Bonchev–Trinajstić information content (AvgIpc) is 2.78. The van der Waals surface area contributed by atoms with Gasteiger partial charge in [0.25, 0.3) is 10.0 Å². The Bertz CT molecular complexity index is 1430. The summed E-state index contributed by atoms with van der Waals surface area (Å²) in [5, 5.41) is 2.66. The van der Waals surface area contributed by atoms with Crippen LogP contribution in [0, 0.1) is 13.8 Å². The Labute approximate surface area is 212 Å². The van der Waals surface area contributed by atoms with E-state index < -0.39 is 32.0 Å². The molecule has 11 heteroatoms. The predicted octanol–water partition coefficient (Wildman–Crippen LogP) is 3.91. The van der Waals surface area contributed by atoms with E-state index in [1.165, 1.54) is 38.3 Å². The highest BCUT2D eigenvalue weighted by Crippen LogP contribution is 2.25. The summed E-state index contributed by atoms with van der Waals surface area (Å²) in [5.74, 6) is 0.0331. The quantitative estimate of drug-likeness (QED) is 0.432. The maximum absolute atomic E-state index is 13.0. The molecule has 0 heterocycles. The number of amides is 1. The van der Waals surface area contributed by atoms with Crippen LogP contribution in [0.2, 0.25) is 0 Å². The van der Waals surface area contributed by atoms with Gasteiger partial charge >= 0.3 is 0 Å². The van der Waals surface area contributed by atoms with E-state index in [1.807, 2.05) is 19.9 Å². The number of carbonyl (C=O) groups excluding carboxylic acids is 1. The Balaban J connectivity index is 1.76. The SMILES string of the molecule is COc1ccc(NS(=O)(=O)c2ccc(NC(=O)C(C)N(c3cc(C)cc(C)c3)S(C)(=O)=O)cc2)cc1. The third-order valence-corrected chi connectivity index (χ3v) is 7.96. The molecule has 0 aliphatic rings. The van der Waals surface area contributed by atoms with Gasteiger partial charge in [0.05, 0.1) is 23.9 Å². The maximum atomic E-state index is 13.0. The van der Waals surface area contributed by atoms with Gasteiger partial charge in [-0.1, -0.05) is 6.07 Å². The van der Waals surface area contributed by atoms with Crippen LogP contribution in [-0.2, 0) is 24.8 Å². The second kappa shape index (κ2) is 10.6. The molecule has 0 aliphatic carbocycles. The van der Waals surface area contributed by atoms with Crippen molar-refractivity contribution in [3.63, 3.8) is 0 Å². The zero-order chi connectivity index (χ0) is 26.7. The van der Waals surface area contributed by atoms with Crippen LogP contribution < -0.4 is 19.1 Å². The van der Waals surface area contributed by atoms with E-state index in [-0.39, 0.29) is 4.90 Å². The molecule has 0 spiro atoms. The van der Waals surface area contributed by atoms with Crippen molar-refractivity contribution < 1.29 is 26.4 Å². The van der Waals surface area contributed by atoms with Crippen LogP contribution in [0.4, 0.5) is 17.1 Å². The maximum Gasteiger partial charge on any atom is 0.261 e. The summed E-state index contributed by atoms with van der Waals surface area (Å²) < 4.78 is 59.1. The second-order valence-corrected chi connectivity index (χ2v) is 12.0. The van der Waals surface area contributed by atoms with E-state index in [2.05, 4.69) is 10.0 Å². The van der Waals surface area contributed by atoms with Gasteiger partial charge in [-0.15, -0.1) is 0 Å². The summed E-state index contributed by atoms with van der Waals surface area (Å²) in [7, 11) is -6.12. The number of rotatable bonds is 9. The van der Waals surface area contributed by atoms with E-state index in [9.17, 15) is 21.6 Å². The van der Waals surface area contributed by atoms with Gasteiger partial charge in [0.1, 0.15) is 11.8 Å². The molecule has 1 amide bonds. The fraction of sp³-hybridized carbons (Fsp3) is 0.240. The number of ether oxygens (including phenoxy) is 1. The third-order valence-electron chi connectivity index (χ3n) is 5.32. The van der Waals surface area contributed by atoms with Crippen LogP contribution in [-0.4, -0.2) is 42.2 Å². The van der Waals surface area contributed by atoms with Crippen molar-refractivity contribution in [1.29, 1.82) is 0 Å². The molecule has 0 bridgehead atoms. The minimum Gasteiger partial charge on any atom is -0.497 e. The molecule has 36 heavy (non-hydrogen) atoms. The minimum absolute atomic E-state index is 0.00244. The lowest BCUT2D eigenvalue weighted by Gasteiger charge is -2.28. The Hall–Kier alpha value is -3.57. The van der Waals surface area contributed by atoms with Crippen LogP contribution in [0.3, 0.4) is 0 Å². The summed E-state index contributed by atoms with van der Waals surface area (Å²) >= 11 is 0. The summed E-state index contributed by atoms with van der Waals surface area (Å²) in [4.78, 5) is 13.0. The number of carbonyl (C=O) groups is 1. The highest BCUT2D eigenvalue weighted by molar-refractivity contribution is 7.92. The Morgan fingerprint density at radius 1 is 0.861 bits per heavy atom. The van der Waals surface area contributed by atoms with Gasteiger partial charge in [0, 0.05) is 11.4 Å².